The van der Waals surface area contributed by atoms with Crippen molar-refractivity contribution in [2.45, 2.75) is 46.0 Å². The maximum absolute atomic E-state index is 5.61. The summed E-state index contributed by atoms with van der Waals surface area (Å²) in [6.45, 7) is 10.6. The Bertz CT molecular complexity index is 737. The second-order valence-corrected chi connectivity index (χ2v) is 7.18. The van der Waals surface area contributed by atoms with Crippen molar-refractivity contribution >= 4 is 0 Å². The molecule has 4 nitrogen and oxygen atoms in total. The van der Waals surface area contributed by atoms with Crippen molar-refractivity contribution in [1.82, 2.24) is 0 Å². The van der Waals surface area contributed by atoms with E-state index in [2.05, 4.69) is 45.9 Å². The Kier molecular flexibility index (Phi) is 5.92. The molecule has 4 rings (SSSR count). The molecule has 0 spiro atoms. The summed E-state index contributed by atoms with van der Waals surface area (Å²) in [6, 6.07) is 12.3. The number of hydrogen-bond donors (Lipinski definition) is 0. The average molecular weight is 356 g/mol. The molecule has 26 heavy (non-hydrogen) atoms. The summed E-state index contributed by atoms with van der Waals surface area (Å²) in [5.74, 6) is 4.59. The maximum atomic E-state index is 5.61. The molecule has 2 aromatic carbocycles. The van der Waals surface area contributed by atoms with Crippen molar-refractivity contribution in [3.63, 3.8) is 0 Å². The molecule has 0 radical (unpaired) electrons. The van der Waals surface area contributed by atoms with Gasteiger partial charge in [-0.15, -0.1) is 0 Å². The number of benzene rings is 2. The molecular formula is C22H28O4. The van der Waals surface area contributed by atoms with Crippen LogP contribution in [0, 0.1) is 0 Å². The molecule has 0 unspecified atom stereocenters. The van der Waals surface area contributed by atoms with Crippen LogP contribution >= 0.6 is 0 Å². The van der Waals surface area contributed by atoms with Gasteiger partial charge in [-0.1, -0.05) is 39.8 Å². The minimum atomic E-state index is 0.358. The average Bonchev–Trinajstić information content (AvgIpc) is 2.97. The van der Waals surface area contributed by atoms with Gasteiger partial charge in [-0.25, -0.2) is 0 Å². The summed E-state index contributed by atoms with van der Waals surface area (Å²) in [5.41, 5.74) is 2.59. The lowest BCUT2D eigenvalue weighted by molar-refractivity contribution is 0.174. The highest BCUT2D eigenvalue weighted by atomic mass is 16.7. The van der Waals surface area contributed by atoms with Gasteiger partial charge in [0.05, 0.1) is 13.2 Å². The van der Waals surface area contributed by atoms with Crippen molar-refractivity contribution in [1.29, 1.82) is 0 Å². The summed E-state index contributed by atoms with van der Waals surface area (Å²) < 4.78 is 21.7. The fourth-order valence-corrected chi connectivity index (χ4v) is 2.81. The highest BCUT2D eigenvalue weighted by Crippen LogP contribution is 2.34. The van der Waals surface area contributed by atoms with Gasteiger partial charge in [0.2, 0.25) is 6.79 Å². The molecular weight excluding hydrogens is 328 g/mol. The van der Waals surface area contributed by atoms with Gasteiger partial charge in [0.25, 0.3) is 0 Å². The second kappa shape index (κ2) is 8.35. The predicted molar refractivity (Wildman–Crippen MR) is 103 cm³/mol. The molecule has 4 heteroatoms. The highest BCUT2D eigenvalue weighted by Gasteiger charge is 2.14. The Labute approximate surface area is 156 Å². The maximum Gasteiger partial charge on any atom is 0.231 e. The van der Waals surface area contributed by atoms with Gasteiger partial charge in [-0.3, -0.25) is 0 Å². The van der Waals surface area contributed by atoms with Crippen LogP contribution < -0.4 is 18.9 Å². The van der Waals surface area contributed by atoms with Gasteiger partial charge in [-0.05, 0) is 47.2 Å². The predicted octanol–water partition coefficient (Wildman–Crippen LogP) is 5.51. The van der Waals surface area contributed by atoms with E-state index >= 15 is 0 Å². The summed E-state index contributed by atoms with van der Waals surface area (Å²) in [5, 5.41) is 0. The SMILES string of the molecule is CC(C)c1ccc2c(c1)OCCCO2.CC(C)c1ccc2c(c1)OCO2. The van der Waals surface area contributed by atoms with Gasteiger partial charge < -0.3 is 18.9 Å². The zero-order valence-electron chi connectivity index (χ0n) is 16.1. The van der Waals surface area contributed by atoms with Gasteiger partial charge >= 0.3 is 0 Å². The molecule has 2 aromatic rings. The molecule has 0 bridgehead atoms. The molecule has 0 saturated heterocycles. The standard InChI is InChI=1S/C12H16O2.C10H12O2/c1-9(2)10-4-5-11-12(8-10)14-7-3-6-13-11;1-7(2)8-3-4-9-10(5-8)12-6-11-9/h4-5,8-9H,3,6-7H2,1-2H3;3-5,7H,6H2,1-2H3. The summed E-state index contributed by atoms with van der Waals surface area (Å²) in [7, 11) is 0. The number of ether oxygens (including phenoxy) is 4. The summed E-state index contributed by atoms with van der Waals surface area (Å²) in [6.07, 6.45) is 0.964. The first-order valence-corrected chi connectivity index (χ1v) is 9.33. The first-order valence-electron chi connectivity index (χ1n) is 9.33. The Morgan fingerprint density at radius 3 is 1.65 bits per heavy atom. The normalized spacial score (nSPS) is 14.7. The lowest BCUT2D eigenvalue weighted by Crippen LogP contribution is -1.97. The Balaban J connectivity index is 0.000000152. The van der Waals surface area contributed by atoms with Crippen LogP contribution in [-0.2, 0) is 0 Å². The van der Waals surface area contributed by atoms with Crippen LogP contribution in [0.1, 0.15) is 57.1 Å². The van der Waals surface area contributed by atoms with Crippen LogP contribution in [0.2, 0.25) is 0 Å². The van der Waals surface area contributed by atoms with E-state index in [1.807, 2.05) is 18.2 Å². The van der Waals surface area contributed by atoms with Gasteiger partial charge in [-0.2, -0.15) is 0 Å². The molecule has 2 aliphatic heterocycles. The van der Waals surface area contributed by atoms with Crippen molar-refractivity contribution < 1.29 is 18.9 Å². The Morgan fingerprint density at radius 1 is 0.615 bits per heavy atom. The number of fused-ring (bicyclic) bond motifs is 2. The first-order chi connectivity index (χ1) is 12.5. The van der Waals surface area contributed by atoms with Gasteiger partial charge in [0.1, 0.15) is 0 Å². The smallest absolute Gasteiger partial charge is 0.231 e. The van der Waals surface area contributed by atoms with Crippen LogP contribution in [0.25, 0.3) is 0 Å². The zero-order valence-corrected chi connectivity index (χ0v) is 16.1. The fraction of sp³-hybridized carbons (Fsp3) is 0.455. The molecule has 0 amide bonds. The third-order valence-electron chi connectivity index (χ3n) is 4.50. The first kappa shape index (κ1) is 18.4. The molecule has 0 N–H and O–H groups in total. The molecule has 0 atom stereocenters. The van der Waals surface area contributed by atoms with E-state index in [-0.39, 0.29) is 0 Å². The van der Waals surface area contributed by atoms with E-state index in [1.165, 1.54) is 11.1 Å². The van der Waals surface area contributed by atoms with E-state index in [1.54, 1.807) is 0 Å². The minimum absolute atomic E-state index is 0.358. The van der Waals surface area contributed by atoms with E-state index in [0.29, 0.717) is 18.6 Å². The Morgan fingerprint density at radius 2 is 1.08 bits per heavy atom. The third-order valence-corrected chi connectivity index (χ3v) is 4.50. The van der Waals surface area contributed by atoms with Crippen molar-refractivity contribution in [3.05, 3.63) is 47.5 Å². The topological polar surface area (TPSA) is 36.9 Å². The largest absolute Gasteiger partial charge is 0.490 e. The van der Waals surface area contributed by atoms with E-state index < -0.39 is 0 Å². The number of hydrogen-bond acceptors (Lipinski definition) is 4. The second-order valence-electron chi connectivity index (χ2n) is 7.18. The molecule has 2 aliphatic rings. The van der Waals surface area contributed by atoms with E-state index in [4.69, 9.17) is 18.9 Å². The molecule has 0 aromatic heterocycles. The Hall–Kier alpha value is -2.36. The highest BCUT2D eigenvalue weighted by molar-refractivity contribution is 5.45. The monoisotopic (exact) mass is 356 g/mol. The molecule has 0 saturated carbocycles. The fourth-order valence-electron chi connectivity index (χ4n) is 2.81. The molecule has 0 aliphatic carbocycles. The van der Waals surface area contributed by atoms with Crippen molar-refractivity contribution in [2.24, 2.45) is 0 Å². The van der Waals surface area contributed by atoms with Crippen molar-refractivity contribution in [2.75, 3.05) is 20.0 Å². The minimum Gasteiger partial charge on any atom is -0.490 e. The van der Waals surface area contributed by atoms with E-state index in [9.17, 15) is 0 Å². The van der Waals surface area contributed by atoms with Gasteiger partial charge in [0, 0.05) is 6.42 Å². The lowest BCUT2D eigenvalue weighted by Gasteiger charge is -2.10. The van der Waals surface area contributed by atoms with Crippen LogP contribution in [0.15, 0.2) is 36.4 Å². The van der Waals surface area contributed by atoms with Crippen molar-refractivity contribution in [3.8, 4) is 23.0 Å². The third kappa shape index (κ3) is 4.43. The van der Waals surface area contributed by atoms with Crippen LogP contribution in [0.5, 0.6) is 23.0 Å². The van der Waals surface area contributed by atoms with Crippen LogP contribution in [0.3, 0.4) is 0 Å². The number of rotatable bonds is 2. The lowest BCUT2D eigenvalue weighted by atomic mass is 10.0. The summed E-state index contributed by atoms with van der Waals surface area (Å²) in [4.78, 5) is 0. The van der Waals surface area contributed by atoms with Gasteiger partial charge in [0.15, 0.2) is 23.0 Å². The molecule has 140 valence electrons. The zero-order chi connectivity index (χ0) is 18.5. The summed E-state index contributed by atoms with van der Waals surface area (Å²) >= 11 is 0. The molecule has 2 heterocycles. The van der Waals surface area contributed by atoms with Crippen LogP contribution in [-0.4, -0.2) is 20.0 Å². The quantitative estimate of drug-likeness (QED) is 0.711. The van der Waals surface area contributed by atoms with Crippen LogP contribution in [0.4, 0.5) is 0 Å². The molecule has 0 fully saturated rings. The van der Waals surface area contributed by atoms with E-state index in [0.717, 1.165) is 42.6 Å².